The third-order valence-corrected chi connectivity index (χ3v) is 5.87. The van der Waals surface area contributed by atoms with E-state index in [4.69, 9.17) is 4.74 Å². The van der Waals surface area contributed by atoms with Gasteiger partial charge in [0.15, 0.2) is 5.13 Å². The molecule has 2 aromatic heterocycles. The molecule has 0 saturated heterocycles. The van der Waals surface area contributed by atoms with Crippen molar-refractivity contribution < 1.29 is 19.1 Å². The second-order valence-electron chi connectivity index (χ2n) is 7.24. The molecule has 1 aliphatic heterocycles. The third-order valence-electron chi connectivity index (χ3n) is 4.87. The summed E-state index contributed by atoms with van der Waals surface area (Å²) in [6, 6.07) is 6.59. The first-order valence-electron chi connectivity index (χ1n) is 10.4. The summed E-state index contributed by atoms with van der Waals surface area (Å²) in [6.07, 6.45) is 5.05. The molecule has 2 amide bonds. The van der Waals surface area contributed by atoms with E-state index in [0.29, 0.717) is 42.5 Å². The third kappa shape index (κ3) is 5.76. The van der Waals surface area contributed by atoms with Gasteiger partial charge in [-0.2, -0.15) is 0 Å². The maximum atomic E-state index is 12.5. The van der Waals surface area contributed by atoms with Gasteiger partial charge in [0.2, 0.25) is 5.91 Å². The minimum Gasteiger partial charge on any atom is -0.462 e. The normalized spacial score (nSPS) is 13.1. The highest BCUT2D eigenvalue weighted by Gasteiger charge is 2.23. The number of fused-ring (bicyclic) bond motifs is 1. The summed E-state index contributed by atoms with van der Waals surface area (Å²) in [5.74, 6) is -0.904. The Labute approximate surface area is 194 Å². The number of anilines is 2. The van der Waals surface area contributed by atoms with E-state index in [1.807, 2.05) is 4.90 Å². The van der Waals surface area contributed by atoms with Crippen LogP contribution in [0.4, 0.5) is 10.8 Å². The summed E-state index contributed by atoms with van der Waals surface area (Å²) >= 11 is 1.39. The molecule has 1 aliphatic rings. The van der Waals surface area contributed by atoms with Crippen molar-refractivity contribution in [2.24, 2.45) is 0 Å². The monoisotopic (exact) mass is 466 g/mol. The minimum atomic E-state index is -0.392. The molecule has 0 fully saturated rings. The van der Waals surface area contributed by atoms with Crippen molar-refractivity contribution in [2.45, 2.75) is 19.9 Å². The molecule has 0 bridgehead atoms. The Morgan fingerprint density at radius 3 is 2.70 bits per heavy atom. The van der Waals surface area contributed by atoms with Crippen LogP contribution < -0.4 is 10.6 Å². The molecule has 0 atom stereocenters. The van der Waals surface area contributed by atoms with Crippen LogP contribution in [0, 0.1) is 0 Å². The number of nitrogens with zero attached hydrogens (tertiary/aromatic N) is 4. The quantitative estimate of drug-likeness (QED) is 0.508. The van der Waals surface area contributed by atoms with Gasteiger partial charge in [-0.1, -0.05) is 0 Å². The first-order chi connectivity index (χ1) is 16.0. The van der Waals surface area contributed by atoms with Crippen LogP contribution in [0.5, 0.6) is 0 Å². The fourth-order valence-corrected chi connectivity index (χ4v) is 4.37. The number of esters is 1. The first-order valence-corrected chi connectivity index (χ1v) is 11.2. The van der Waals surface area contributed by atoms with Crippen LogP contribution in [0.25, 0.3) is 0 Å². The lowest BCUT2D eigenvalue weighted by atomic mass is 10.2. The van der Waals surface area contributed by atoms with E-state index < -0.39 is 5.97 Å². The van der Waals surface area contributed by atoms with Crippen LogP contribution in [-0.4, -0.2) is 57.3 Å². The van der Waals surface area contributed by atoms with E-state index in [1.54, 1.807) is 31.2 Å². The van der Waals surface area contributed by atoms with Gasteiger partial charge in [-0.05, 0) is 31.2 Å². The molecule has 2 N–H and O–H groups in total. The van der Waals surface area contributed by atoms with E-state index in [0.717, 1.165) is 10.6 Å². The van der Waals surface area contributed by atoms with Gasteiger partial charge in [-0.15, -0.1) is 11.3 Å². The molecule has 33 heavy (non-hydrogen) atoms. The average Bonchev–Trinajstić information content (AvgIpc) is 3.21. The standard InChI is InChI=1S/C22H22N6O4S/c1-2-32-21(31)14-3-5-15(6-4-14)25-19(29)13-28-10-7-16-18(12-28)33-22(26-16)27-20(30)17-11-23-8-9-24-17/h3-6,8-9,11H,2,7,10,12-13H2,1H3,(H,25,29)(H,26,27,30). The number of hydrogen-bond acceptors (Lipinski definition) is 9. The van der Waals surface area contributed by atoms with Crippen LogP contribution in [-0.2, 0) is 22.5 Å². The SMILES string of the molecule is CCOC(=O)c1ccc(NC(=O)CN2CCc3nc(NC(=O)c4cnccn4)sc3C2)cc1. The van der Waals surface area contributed by atoms with Crippen molar-refractivity contribution in [1.29, 1.82) is 0 Å². The molecule has 0 spiro atoms. The molecule has 0 aliphatic carbocycles. The smallest absolute Gasteiger partial charge is 0.338 e. The van der Waals surface area contributed by atoms with Crippen molar-refractivity contribution in [3.63, 3.8) is 0 Å². The summed E-state index contributed by atoms with van der Waals surface area (Å²) in [5, 5.41) is 6.11. The van der Waals surface area contributed by atoms with Gasteiger partial charge in [0.25, 0.3) is 5.91 Å². The zero-order valence-electron chi connectivity index (χ0n) is 17.9. The number of aromatic nitrogens is 3. The van der Waals surface area contributed by atoms with Gasteiger partial charge in [0.05, 0.1) is 30.6 Å². The van der Waals surface area contributed by atoms with Crippen LogP contribution in [0.2, 0.25) is 0 Å². The lowest BCUT2D eigenvalue weighted by Gasteiger charge is -2.25. The number of carbonyl (C=O) groups is 3. The van der Waals surface area contributed by atoms with Crippen LogP contribution >= 0.6 is 11.3 Å². The summed E-state index contributed by atoms with van der Waals surface area (Å²) in [6.45, 7) is 3.54. The molecule has 11 heteroatoms. The van der Waals surface area contributed by atoms with E-state index in [1.165, 1.54) is 29.9 Å². The first kappa shape index (κ1) is 22.5. The van der Waals surface area contributed by atoms with E-state index >= 15 is 0 Å². The van der Waals surface area contributed by atoms with Gasteiger partial charge >= 0.3 is 5.97 Å². The molecular weight excluding hydrogens is 444 g/mol. The molecule has 0 radical (unpaired) electrons. The zero-order chi connectivity index (χ0) is 23.2. The number of thiazole rings is 1. The number of ether oxygens (including phenoxy) is 1. The number of carbonyl (C=O) groups excluding carboxylic acids is 3. The fraction of sp³-hybridized carbons (Fsp3) is 0.273. The molecule has 3 aromatic rings. The Bertz CT molecular complexity index is 1150. The predicted octanol–water partition coefficient (Wildman–Crippen LogP) is 2.36. The highest BCUT2D eigenvalue weighted by molar-refractivity contribution is 7.15. The lowest BCUT2D eigenvalue weighted by Crippen LogP contribution is -2.36. The second-order valence-corrected chi connectivity index (χ2v) is 8.32. The topological polar surface area (TPSA) is 126 Å². The summed E-state index contributed by atoms with van der Waals surface area (Å²) in [4.78, 5) is 51.9. The Hall–Kier alpha value is -3.70. The Balaban J connectivity index is 1.30. The van der Waals surface area contributed by atoms with Crippen LogP contribution in [0.3, 0.4) is 0 Å². The zero-order valence-corrected chi connectivity index (χ0v) is 18.7. The van der Waals surface area contributed by atoms with Crippen molar-refractivity contribution in [3.05, 3.63) is 64.7 Å². The molecule has 10 nitrogen and oxygen atoms in total. The molecule has 170 valence electrons. The molecule has 1 aromatic carbocycles. The number of amides is 2. The van der Waals surface area contributed by atoms with Gasteiger partial charge in [0, 0.05) is 42.5 Å². The van der Waals surface area contributed by atoms with Crippen molar-refractivity contribution in [2.75, 3.05) is 30.3 Å². The molecular formula is C22H22N6O4S. The summed E-state index contributed by atoms with van der Waals surface area (Å²) in [5.41, 5.74) is 2.20. The molecule has 3 heterocycles. The van der Waals surface area contributed by atoms with E-state index in [2.05, 4.69) is 25.6 Å². The number of hydrogen-bond donors (Lipinski definition) is 2. The van der Waals surface area contributed by atoms with Crippen LogP contribution in [0.15, 0.2) is 42.9 Å². The number of nitrogens with one attached hydrogen (secondary N) is 2. The van der Waals surface area contributed by atoms with Gasteiger partial charge in [-0.3, -0.25) is 24.8 Å². The highest BCUT2D eigenvalue weighted by Crippen LogP contribution is 2.28. The molecule has 0 saturated carbocycles. The summed E-state index contributed by atoms with van der Waals surface area (Å²) in [7, 11) is 0. The number of benzene rings is 1. The Kier molecular flexibility index (Phi) is 7.01. The predicted molar refractivity (Wildman–Crippen MR) is 122 cm³/mol. The van der Waals surface area contributed by atoms with Crippen molar-refractivity contribution in [3.8, 4) is 0 Å². The maximum Gasteiger partial charge on any atom is 0.338 e. The highest BCUT2D eigenvalue weighted by atomic mass is 32.1. The average molecular weight is 467 g/mol. The number of rotatable bonds is 7. The summed E-state index contributed by atoms with van der Waals surface area (Å²) < 4.78 is 4.96. The maximum absolute atomic E-state index is 12.5. The minimum absolute atomic E-state index is 0.150. The second kappa shape index (κ2) is 10.3. The molecule has 4 rings (SSSR count). The Morgan fingerprint density at radius 2 is 1.97 bits per heavy atom. The lowest BCUT2D eigenvalue weighted by molar-refractivity contribution is -0.117. The largest absolute Gasteiger partial charge is 0.462 e. The van der Waals surface area contributed by atoms with Gasteiger partial charge < -0.3 is 10.1 Å². The molecule has 0 unspecified atom stereocenters. The Morgan fingerprint density at radius 1 is 1.15 bits per heavy atom. The fourth-order valence-electron chi connectivity index (χ4n) is 3.32. The van der Waals surface area contributed by atoms with E-state index in [9.17, 15) is 14.4 Å². The van der Waals surface area contributed by atoms with E-state index in [-0.39, 0.29) is 24.1 Å². The van der Waals surface area contributed by atoms with Gasteiger partial charge in [-0.25, -0.2) is 14.8 Å². The van der Waals surface area contributed by atoms with Gasteiger partial charge in [0.1, 0.15) is 5.69 Å². The van der Waals surface area contributed by atoms with Crippen molar-refractivity contribution >= 4 is 39.9 Å². The van der Waals surface area contributed by atoms with Crippen molar-refractivity contribution in [1.82, 2.24) is 19.9 Å². The van der Waals surface area contributed by atoms with Crippen LogP contribution in [0.1, 0.15) is 38.3 Å².